The van der Waals surface area contributed by atoms with Gasteiger partial charge in [0.25, 0.3) is 0 Å². The molecule has 0 aromatic heterocycles. The predicted octanol–water partition coefficient (Wildman–Crippen LogP) is 7.72. The smallest absolute Gasteiger partial charge is 0.324 e. The Labute approximate surface area is 371 Å². The van der Waals surface area contributed by atoms with Gasteiger partial charge in [-0.3, -0.25) is 34.8 Å². The minimum absolute atomic E-state index is 0.0125. The number of hydrogen-bond acceptors (Lipinski definition) is 9. The lowest BCUT2D eigenvalue weighted by atomic mass is 9.65. The van der Waals surface area contributed by atoms with Crippen LogP contribution in [0, 0.1) is 5.92 Å². The molecule has 5 aliphatic heterocycles. The van der Waals surface area contributed by atoms with Gasteiger partial charge in [0, 0.05) is 37.4 Å². The van der Waals surface area contributed by atoms with Crippen molar-refractivity contribution in [2.24, 2.45) is 5.92 Å². The number of carbonyl (C=O) groups is 3. The van der Waals surface area contributed by atoms with Gasteiger partial charge in [-0.15, -0.1) is 0 Å². The molecule has 0 bridgehead atoms. The first kappa shape index (κ1) is 41.9. The van der Waals surface area contributed by atoms with Crippen molar-refractivity contribution in [1.29, 1.82) is 0 Å². The molecule has 11 heteroatoms. The number of phenols is 1. The van der Waals surface area contributed by atoms with Crippen LogP contribution < -0.4 is 16.0 Å². The molecule has 7 atom stereocenters. The summed E-state index contributed by atoms with van der Waals surface area (Å²) in [5.41, 5.74) is 2.37. The minimum atomic E-state index is -1.52. The van der Waals surface area contributed by atoms with Crippen LogP contribution in [-0.4, -0.2) is 88.2 Å². The van der Waals surface area contributed by atoms with Crippen LogP contribution >= 0.6 is 0 Å². The molecular weight excluding hydrogens is 789 g/mol. The average Bonchev–Trinajstić information content (AvgIpc) is 3.80. The maximum atomic E-state index is 15.9. The summed E-state index contributed by atoms with van der Waals surface area (Å²) in [4.78, 5) is 52.8. The number of nitrogens with one attached hydrogen (secondary N) is 3. The van der Waals surface area contributed by atoms with E-state index in [1.807, 2.05) is 102 Å². The third kappa shape index (κ3) is 7.64. The van der Waals surface area contributed by atoms with Gasteiger partial charge in [0.1, 0.15) is 29.6 Å². The number of morpholine rings is 1. The van der Waals surface area contributed by atoms with Crippen molar-refractivity contribution in [3.8, 4) is 5.75 Å². The molecule has 1 unspecified atom stereocenters. The largest absolute Gasteiger partial charge is 0.508 e. The molecule has 0 radical (unpaired) electrons. The second-order valence-electron chi connectivity index (χ2n) is 18.9. The topological polar surface area (TPSA) is 126 Å². The van der Waals surface area contributed by atoms with Gasteiger partial charge in [0.15, 0.2) is 0 Å². The Morgan fingerprint density at radius 2 is 1.25 bits per heavy atom. The van der Waals surface area contributed by atoms with Gasteiger partial charge >= 0.3 is 5.97 Å². The molecule has 4 aromatic carbocycles. The zero-order valence-electron chi connectivity index (χ0n) is 36.3. The molecule has 1 saturated carbocycles. The number of carbonyl (C=O) groups excluding carboxylic acids is 3. The first-order chi connectivity index (χ1) is 30.9. The van der Waals surface area contributed by atoms with E-state index in [2.05, 4.69) is 25.8 Å². The van der Waals surface area contributed by atoms with Crippen LogP contribution in [0.1, 0.15) is 117 Å². The fourth-order valence-electron chi connectivity index (χ4n) is 12.3. The van der Waals surface area contributed by atoms with Gasteiger partial charge in [0.2, 0.25) is 11.8 Å². The van der Waals surface area contributed by atoms with Crippen molar-refractivity contribution in [2.75, 3.05) is 38.0 Å². The van der Waals surface area contributed by atoms with Gasteiger partial charge in [-0.05, 0) is 66.3 Å². The zero-order chi connectivity index (χ0) is 43.0. The standard InChI is InChI=1S/C52H62N6O5/c59-39-26-24-38(25-27-39)46-52(40-22-14-15-23-41(40)54-49(52)62)42(44-48(61)63-45(37-20-12-9-13-21-37)43(58(44)46)36-18-10-8-11-19-36)47(60)56-32-34-57(35-33-56)50-53-31-30-51(55-50)28-16-6-4-2-1-3-5-7-17-29-51/h8-15,18-27,42-46,50,53,55,59H,1-7,16-17,28-35H2,(H,54,62)/t42-,43-,44-,45+,46+,50?,52-/m0/s1. The predicted molar refractivity (Wildman–Crippen MR) is 242 cm³/mol. The lowest BCUT2D eigenvalue weighted by molar-refractivity contribution is -0.179. The van der Waals surface area contributed by atoms with Crippen LogP contribution in [0.5, 0.6) is 5.75 Å². The Kier molecular flexibility index (Phi) is 11.9. The van der Waals surface area contributed by atoms with Crippen LogP contribution in [0.2, 0.25) is 0 Å². The van der Waals surface area contributed by atoms with E-state index in [1.54, 1.807) is 12.1 Å². The number of hydrogen-bond donors (Lipinski definition) is 4. The summed E-state index contributed by atoms with van der Waals surface area (Å²) in [6.45, 7) is 3.18. The summed E-state index contributed by atoms with van der Waals surface area (Å²) in [7, 11) is 0. The molecule has 11 nitrogen and oxygen atoms in total. The van der Waals surface area contributed by atoms with Crippen LogP contribution in [0.3, 0.4) is 0 Å². The number of rotatable bonds is 5. The quantitative estimate of drug-likeness (QED) is 0.150. The van der Waals surface area contributed by atoms with Crippen molar-refractivity contribution in [3.63, 3.8) is 0 Å². The van der Waals surface area contributed by atoms with Crippen LogP contribution in [0.15, 0.2) is 109 Å². The van der Waals surface area contributed by atoms with E-state index in [4.69, 9.17) is 4.74 Å². The van der Waals surface area contributed by atoms with E-state index in [-0.39, 0.29) is 29.4 Å². The van der Waals surface area contributed by atoms with Crippen molar-refractivity contribution in [2.45, 2.75) is 119 Å². The molecule has 5 heterocycles. The molecular formula is C52H62N6O5. The van der Waals surface area contributed by atoms with Crippen molar-refractivity contribution >= 4 is 23.5 Å². The molecule has 4 saturated heterocycles. The number of nitrogens with zero attached hydrogens (tertiary/aromatic N) is 3. The second kappa shape index (κ2) is 17.8. The molecule has 6 aliphatic rings. The van der Waals surface area contributed by atoms with Gasteiger partial charge in [0.05, 0.1) is 18.0 Å². The first-order valence-corrected chi connectivity index (χ1v) is 23.7. The fraction of sp³-hybridized carbons (Fsp3) is 0.481. The Hall–Kier alpha value is -5.07. The van der Waals surface area contributed by atoms with E-state index in [1.165, 1.54) is 70.6 Å². The average molecular weight is 851 g/mol. The molecule has 2 amide bonds. The normalized spacial score (nSPS) is 30.4. The van der Waals surface area contributed by atoms with Crippen LogP contribution in [0.25, 0.3) is 0 Å². The third-order valence-electron chi connectivity index (χ3n) is 15.4. The second-order valence-corrected chi connectivity index (χ2v) is 18.9. The number of anilines is 1. The van der Waals surface area contributed by atoms with E-state index in [9.17, 15) is 5.11 Å². The Balaban J connectivity index is 1.02. The number of amides is 2. The number of piperazine rings is 1. The highest BCUT2D eigenvalue weighted by Crippen LogP contribution is 2.65. The van der Waals surface area contributed by atoms with Gasteiger partial charge in [-0.1, -0.05) is 149 Å². The van der Waals surface area contributed by atoms with Crippen LogP contribution in [-0.2, 0) is 24.5 Å². The highest BCUT2D eigenvalue weighted by atomic mass is 16.6. The van der Waals surface area contributed by atoms with Gasteiger partial charge in [-0.2, -0.15) is 0 Å². The Morgan fingerprint density at radius 1 is 0.651 bits per heavy atom. The van der Waals surface area contributed by atoms with Crippen molar-refractivity contribution in [1.82, 2.24) is 25.3 Å². The summed E-state index contributed by atoms with van der Waals surface area (Å²) in [6.07, 6.45) is 14.6. The summed E-state index contributed by atoms with van der Waals surface area (Å²) >= 11 is 0. The number of phenolic OH excluding ortho intramolecular Hbond substituents is 1. The lowest BCUT2D eigenvalue weighted by Gasteiger charge is -2.49. The highest BCUT2D eigenvalue weighted by molar-refractivity contribution is 6.12. The molecule has 63 heavy (non-hydrogen) atoms. The minimum Gasteiger partial charge on any atom is -0.508 e. The Morgan fingerprint density at radius 3 is 1.92 bits per heavy atom. The SMILES string of the molecule is O=C1O[C@H](c2ccccc2)[C@H](c2ccccc2)N2[C@H]1[C@@H](C(=O)N1CCN(C3NCCC4(CCCCCCCCCCC4)N3)CC1)[C@]1(C(=O)Nc3ccccc31)[C@H]2c1ccc(O)cc1. The number of ether oxygens (including phenoxy) is 1. The number of para-hydroxylation sites is 1. The third-order valence-corrected chi connectivity index (χ3v) is 15.4. The Bertz CT molecular complexity index is 2240. The molecule has 5 fully saturated rings. The highest BCUT2D eigenvalue weighted by Gasteiger charge is 2.74. The lowest BCUT2D eigenvalue weighted by Crippen LogP contribution is -2.69. The van der Waals surface area contributed by atoms with Gasteiger partial charge < -0.3 is 20.1 Å². The van der Waals surface area contributed by atoms with E-state index in [0.29, 0.717) is 37.4 Å². The monoisotopic (exact) mass is 850 g/mol. The molecule has 4 aromatic rings. The fourth-order valence-corrected chi connectivity index (χ4v) is 12.3. The number of fused-ring (bicyclic) bond motifs is 3. The van der Waals surface area contributed by atoms with E-state index < -0.39 is 41.5 Å². The van der Waals surface area contributed by atoms with Crippen molar-refractivity contribution < 1.29 is 24.2 Å². The molecule has 10 rings (SSSR count). The molecule has 4 N–H and O–H groups in total. The van der Waals surface area contributed by atoms with E-state index in [0.717, 1.165) is 29.7 Å². The number of benzene rings is 4. The van der Waals surface area contributed by atoms with E-state index >= 15 is 14.4 Å². The summed E-state index contributed by atoms with van der Waals surface area (Å²) in [5.74, 6) is -2.10. The number of aromatic hydroxyl groups is 1. The van der Waals surface area contributed by atoms with Crippen molar-refractivity contribution in [3.05, 3.63) is 131 Å². The van der Waals surface area contributed by atoms with Crippen LogP contribution in [0.4, 0.5) is 5.69 Å². The van der Waals surface area contributed by atoms with Gasteiger partial charge in [-0.25, -0.2) is 0 Å². The first-order valence-electron chi connectivity index (χ1n) is 23.7. The maximum absolute atomic E-state index is 15.9. The molecule has 2 spiro atoms. The zero-order valence-corrected chi connectivity index (χ0v) is 36.3. The maximum Gasteiger partial charge on any atom is 0.324 e. The number of cyclic esters (lactones) is 1. The summed E-state index contributed by atoms with van der Waals surface area (Å²) < 4.78 is 6.60. The summed E-state index contributed by atoms with van der Waals surface area (Å²) in [6, 6.07) is 31.8. The molecule has 330 valence electrons. The summed E-state index contributed by atoms with van der Waals surface area (Å²) in [5, 5.41) is 21.7. The number of esters is 1. The molecule has 1 aliphatic carbocycles.